The summed E-state index contributed by atoms with van der Waals surface area (Å²) in [5.41, 5.74) is 10.2. The van der Waals surface area contributed by atoms with Gasteiger partial charge in [0.15, 0.2) is 11.5 Å². The smallest absolute Gasteiger partial charge is 0.161 e. The van der Waals surface area contributed by atoms with Gasteiger partial charge in [0.05, 0.1) is 11.6 Å². The van der Waals surface area contributed by atoms with E-state index in [1.807, 2.05) is 43.3 Å². The topological polar surface area (TPSA) is 96.2 Å². The second-order valence-corrected chi connectivity index (χ2v) is 11.1. The summed E-state index contributed by atoms with van der Waals surface area (Å²) in [5.74, 6) is 3.04. The summed E-state index contributed by atoms with van der Waals surface area (Å²) in [6.07, 6.45) is 0.814. The van der Waals surface area contributed by atoms with Crippen LogP contribution in [0.4, 0.5) is 0 Å². The van der Waals surface area contributed by atoms with Crippen molar-refractivity contribution in [2.75, 3.05) is 33.4 Å². The van der Waals surface area contributed by atoms with Gasteiger partial charge < -0.3 is 29.1 Å². The van der Waals surface area contributed by atoms with Crippen molar-refractivity contribution in [3.63, 3.8) is 0 Å². The molecule has 44 heavy (non-hydrogen) atoms. The lowest BCUT2D eigenvalue weighted by Gasteiger charge is -2.21. The largest absolute Gasteiger partial charge is 0.488 e. The van der Waals surface area contributed by atoms with Crippen molar-refractivity contribution in [3.8, 4) is 40.2 Å². The lowest BCUT2D eigenvalue weighted by molar-refractivity contribution is 0.160. The van der Waals surface area contributed by atoms with E-state index in [1.165, 1.54) is 0 Å². The number of hydrogen-bond donors (Lipinski definition) is 2. The molecular formula is C36H39N3O5. The highest BCUT2D eigenvalue weighted by Gasteiger charge is 2.16. The first-order valence-corrected chi connectivity index (χ1v) is 14.9. The first-order valence-electron chi connectivity index (χ1n) is 14.9. The Hall–Kier alpha value is -4.55. The number of hydrogen-bond acceptors (Lipinski definition) is 8. The molecule has 4 aromatic carbocycles. The minimum absolute atomic E-state index is 0.333. The molecular weight excluding hydrogens is 554 g/mol. The maximum absolute atomic E-state index is 9.30. The van der Waals surface area contributed by atoms with Gasteiger partial charge in [0, 0.05) is 24.7 Å². The van der Waals surface area contributed by atoms with Gasteiger partial charge in [-0.3, -0.25) is 0 Å². The van der Waals surface area contributed by atoms with E-state index in [4.69, 9.17) is 24.2 Å². The number of aryl methyl sites for hydroxylation is 1. The van der Waals surface area contributed by atoms with Gasteiger partial charge in [0.25, 0.3) is 0 Å². The molecule has 0 spiro atoms. The van der Waals surface area contributed by atoms with Gasteiger partial charge in [0.1, 0.15) is 37.9 Å². The first kappa shape index (κ1) is 30.9. The van der Waals surface area contributed by atoms with Crippen LogP contribution in [0.1, 0.15) is 39.8 Å². The fraction of sp³-hybridized carbons (Fsp3) is 0.306. The molecule has 228 valence electrons. The number of ether oxygens (including phenoxy) is 4. The Morgan fingerprint density at radius 1 is 0.886 bits per heavy atom. The van der Waals surface area contributed by atoms with Crippen LogP contribution in [0.5, 0.6) is 23.0 Å². The van der Waals surface area contributed by atoms with Gasteiger partial charge in [-0.15, -0.1) is 0 Å². The van der Waals surface area contributed by atoms with Crippen molar-refractivity contribution < 1.29 is 24.2 Å². The molecule has 2 N–H and O–H groups in total. The van der Waals surface area contributed by atoms with Gasteiger partial charge in [-0.25, -0.2) is 5.48 Å². The number of nitrogens with one attached hydrogen (secondary N) is 1. The van der Waals surface area contributed by atoms with Crippen molar-refractivity contribution in [1.29, 1.82) is 5.26 Å². The molecule has 8 heteroatoms. The zero-order valence-electron chi connectivity index (χ0n) is 25.6. The third kappa shape index (κ3) is 7.69. The molecule has 0 aliphatic carbocycles. The van der Waals surface area contributed by atoms with Crippen LogP contribution in [0.25, 0.3) is 11.1 Å². The SMILES string of the molecule is Cc1cc(CN(C)CCCNO)c(OCc2cccc(C#N)c2)cc1OCc1cccc(-c2ccc3c(c2)OCCO3)c1C. The monoisotopic (exact) mass is 593 g/mol. The first-order chi connectivity index (χ1) is 21.4. The minimum Gasteiger partial charge on any atom is -0.488 e. The molecule has 8 nitrogen and oxygen atoms in total. The third-order valence-electron chi connectivity index (χ3n) is 7.76. The van der Waals surface area contributed by atoms with Crippen molar-refractivity contribution in [2.45, 2.75) is 40.0 Å². The number of benzene rings is 4. The minimum atomic E-state index is 0.333. The molecule has 1 aliphatic heterocycles. The fourth-order valence-electron chi connectivity index (χ4n) is 5.35. The molecule has 0 saturated heterocycles. The number of fused-ring (bicyclic) bond motifs is 1. The Bertz CT molecular complexity index is 1630. The standard InChI is InChI=1S/C36H39N3O5/c1-25-17-31(22-39(3)14-6-13-38-40)35(43-23-28-8-4-7-27(18-28)21-37)20-34(25)44-24-30-9-5-10-32(26(30)2)29-11-12-33-36(19-29)42-16-15-41-33/h4-5,7-12,17-20,38,40H,6,13-16,22-24H2,1-3H3. The van der Waals surface area contributed by atoms with Gasteiger partial charge in [0.2, 0.25) is 0 Å². The lowest BCUT2D eigenvalue weighted by Crippen LogP contribution is -2.23. The molecule has 1 aliphatic rings. The Balaban J connectivity index is 1.36. The Morgan fingerprint density at radius 2 is 1.68 bits per heavy atom. The number of nitrogens with zero attached hydrogens (tertiary/aromatic N) is 2. The summed E-state index contributed by atoms with van der Waals surface area (Å²) < 4.78 is 24.3. The maximum atomic E-state index is 9.30. The number of rotatable bonds is 13. The van der Waals surface area contributed by atoms with E-state index in [-0.39, 0.29) is 0 Å². The summed E-state index contributed by atoms with van der Waals surface area (Å²) in [6.45, 7) is 8.05. The van der Waals surface area contributed by atoms with Crippen molar-refractivity contribution >= 4 is 0 Å². The van der Waals surface area contributed by atoms with Crippen molar-refractivity contribution in [1.82, 2.24) is 10.4 Å². The fourth-order valence-corrected chi connectivity index (χ4v) is 5.35. The highest BCUT2D eigenvalue weighted by Crippen LogP contribution is 2.37. The van der Waals surface area contributed by atoms with Crippen LogP contribution < -0.4 is 24.4 Å². The second-order valence-electron chi connectivity index (χ2n) is 11.1. The summed E-state index contributed by atoms with van der Waals surface area (Å²) in [4.78, 5) is 2.20. The van der Waals surface area contributed by atoms with E-state index in [1.54, 1.807) is 6.07 Å². The molecule has 1 heterocycles. The van der Waals surface area contributed by atoms with E-state index in [2.05, 4.69) is 60.8 Å². The molecule has 5 rings (SSSR count). The maximum Gasteiger partial charge on any atom is 0.161 e. The predicted molar refractivity (Wildman–Crippen MR) is 169 cm³/mol. The predicted octanol–water partition coefficient (Wildman–Crippen LogP) is 6.57. The van der Waals surface area contributed by atoms with E-state index >= 15 is 0 Å². The molecule has 4 aromatic rings. The molecule has 0 atom stereocenters. The Labute approximate surface area is 259 Å². The van der Waals surface area contributed by atoms with E-state index in [0.717, 1.165) is 74.9 Å². The zero-order valence-corrected chi connectivity index (χ0v) is 25.6. The Kier molecular flexibility index (Phi) is 10.4. The van der Waals surface area contributed by atoms with Gasteiger partial charge in [-0.2, -0.15) is 5.26 Å². The van der Waals surface area contributed by atoms with Crippen molar-refractivity contribution in [2.24, 2.45) is 0 Å². The van der Waals surface area contributed by atoms with E-state index in [0.29, 0.717) is 45.1 Å². The zero-order chi connectivity index (χ0) is 30.9. The molecule has 0 fully saturated rings. The van der Waals surface area contributed by atoms with Crippen LogP contribution in [0.2, 0.25) is 0 Å². The van der Waals surface area contributed by atoms with Gasteiger partial charge in [-0.1, -0.05) is 36.4 Å². The molecule has 0 bridgehead atoms. The van der Waals surface area contributed by atoms with Gasteiger partial charge in [-0.05, 0) is 97.6 Å². The molecule has 0 saturated carbocycles. The summed E-state index contributed by atoms with van der Waals surface area (Å²) in [6, 6.07) is 26.1. The number of hydroxylamine groups is 1. The average molecular weight is 594 g/mol. The second kappa shape index (κ2) is 14.8. The summed E-state index contributed by atoms with van der Waals surface area (Å²) in [5, 5.41) is 18.2. The van der Waals surface area contributed by atoms with Crippen LogP contribution in [0.3, 0.4) is 0 Å². The van der Waals surface area contributed by atoms with Crippen LogP contribution in [-0.2, 0) is 19.8 Å². The molecule has 0 unspecified atom stereocenters. The Morgan fingerprint density at radius 3 is 2.50 bits per heavy atom. The van der Waals surface area contributed by atoms with E-state index < -0.39 is 0 Å². The molecule has 0 amide bonds. The average Bonchev–Trinajstić information content (AvgIpc) is 3.04. The quantitative estimate of drug-likeness (QED) is 0.133. The normalized spacial score (nSPS) is 12.2. The van der Waals surface area contributed by atoms with E-state index in [9.17, 15) is 5.26 Å². The number of nitriles is 1. The van der Waals surface area contributed by atoms with Crippen LogP contribution in [-0.4, -0.2) is 43.5 Å². The van der Waals surface area contributed by atoms with Crippen LogP contribution in [0, 0.1) is 25.2 Å². The van der Waals surface area contributed by atoms with Crippen LogP contribution >= 0.6 is 0 Å². The van der Waals surface area contributed by atoms with Crippen LogP contribution in [0.15, 0.2) is 72.8 Å². The summed E-state index contributed by atoms with van der Waals surface area (Å²) >= 11 is 0. The molecule has 0 radical (unpaired) electrons. The highest BCUT2D eigenvalue weighted by atomic mass is 16.6. The highest BCUT2D eigenvalue weighted by molar-refractivity contribution is 5.71. The van der Waals surface area contributed by atoms with Gasteiger partial charge >= 0.3 is 0 Å². The molecule has 0 aromatic heterocycles. The third-order valence-corrected chi connectivity index (χ3v) is 7.76. The summed E-state index contributed by atoms with van der Waals surface area (Å²) in [7, 11) is 2.05. The lowest BCUT2D eigenvalue weighted by atomic mass is 9.96. The van der Waals surface area contributed by atoms with Crippen molar-refractivity contribution in [3.05, 3.63) is 106 Å².